The van der Waals surface area contributed by atoms with Crippen LogP contribution in [-0.2, 0) is 14.3 Å². The molecule has 3 heteroatoms. The average Bonchev–Trinajstić information content (AvgIpc) is 3.37. The number of methoxy groups -OCH3 is 1. The van der Waals surface area contributed by atoms with Gasteiger partial charge in [0.15, 0.2) is 5.60 Å². The largest absolute Gasteiger partial charge is 0.467 e. The zero-order valence-corrected chi connectivity index (χ0v) is 15.4. The smallest absolute Gasteiger partial charge is 0.341 e. The predicted octanol–water partition coefficient (Wildman–Crippen LogP) is 5.43. The molecular weight excluding hydrogens is 288 g/mol. The van der Waals surface area contributed by atoms with Crippen molar-refractivity contribution in [2.75, 3.05) is 13.7 Å². The third-order valence-corrected chi connectivity index (χ3v) is 4.80. The van der Waals surface area contributed by atoms with Crippen LogP contribution < -0.4 is 0 Å². The van der Waals surface area contributed by atoms with Gasteiger partial charge in [-0.25, -0.2) is 4.79 Å². The van der Waals surface area contributed by atoms with Gasteiger partial charge in [0.05, 0.1) is 13.7 Å². The maximum Gasteiger partial charge on any atom is 0.341 e. The maximum absolute atomic E-state index is 12.1. The highest BCUT2D eigenvalue weighted by Gasteiger charge is 2.58. The second kappa shape index (κ2) is 11.7. The summed E-state index contributed by atoms with van der Waals surface area (Å²) in [6, 6.07) is 0. The maximum atomic E-state index is 12.1. The van der Waals surface area contributed by atoms with Gasteiger partial charge in [0.1, 0.15) is 0 Å². The van der Waals surface area contributed by atoms with Gasteiger partial charge in [0, 0.05) is 5.92 Å². The summed E-state index contributed by atoms with van der Waals surface area (Å²) >= 11 is 0. The zero-order valence-electron chi connectivity index (χ0n) is 15.4. The van der Waals surface area contributed by atoms with Crippen molar-refractivity contribution in [2.45, 2.75) is 90.1 Å². The molecule has 1 saturated heterocycles. The number of unbranched alkanes of at least 4 members (excludes halogenated alkanes) is 8. The summed E-state index contributed by atoms with van der Waals surface area (Å²) in [6.45, 7) is 4.97. The first kappa shape index (κ1) is 20.2. The number of carbonyl (C=O) groups is 1. The minimum Gasteiger partial charge on any atom is -0.467 e. The van der Waals surface area contributed by atoms with Crippen molar-refractivity contribution in [3.8, 4) is 0 Å². The topological polar surface area (TPSA) is 38.8 Å². The van der Waals surface area contributed by atoms with Gasteiger partial charge < -0.3 is 9.47 Å². The number of carbonyl (C=O) groups excluding carboxylic acids is 1. The Bertz CT molecular complexity index is 345. The first-order valence-electron chi connectivity index (χ1n) is 9.60. The molecule has 1 aliphatic heterocycles. The van der Waals surface area contributed by atoms with Crippen LogP contribution in [0.2, 0.25) is 0 Å². The molecule has 0 amide bonds. The van der Waals surface area contributed by atoms with Gasteiger partial charge in [-0.3, -0.25) is 0 Å². The van der Waals surface area contributed by atoms with Crippen LogP contribution in [0.15, 0.2) is 12.2 Å². The first-order valence-corrected chi connectivity index (χ1v) is 9.60. The number of ether oxygens (including phenoxy) is 2. The second-order valence-electron chi connectivity index (χ2n) is 6.76. The van der Waals surface area contributed by atoms with Crippen molar-refractivity contribution in [3.05, 3.63) is 12.2 Å². The predicted molar refractivity (Wildman–Crippen MR) is 95.5 cm³/mol. The lowest BCUT2D eigenvalue weighted by molar-refractivity contribution is -0.148. The van der Waals surface area contributed by atoms with Crippen LogP contribution in [0.4, 0.5) is 0 Å². The Kier molecular flexibility index (Phi) is 10.3. The molecule has 2 atom stereocenters. The minimum absolute atomic E-state index is 0.169. The highest BCUT2D eigenvalue weighted by molar-refractivity contribution is 5.83. The highest BCUT2D eigenvalue weighted by atomic mass is 16.6. The Balaban J connectivity index is 2.43. The summed E-state index contributed by atoms with van der Waals surface area (Å²) in [4.78, 5) is 12.1. The van der Waals surface area contributed by atoms with E-state index in [-0.39, 0.29) is 11.9 Å². The van der Waals surface area contributed by atoms with Crippen molar-refractivity contribution in [3.63, 3.8) is 0 Å². The quantitative estimate of drug-likeness (QED) is 0.185. The number of esters is 1. The Labute approximate surface area is 142 Å². The molecule has 134 valence electrons. The van der Waals surface area contributed by atoms with E-state index in [1.165, 1.54) is 58.5 Å². The lowest BCUT2D eigenvalue weighted by Gasteiger charge is -2.19. The van der Waals surface area contributed by atoms with E-state index in [4.69, 9.17) is 9.47 Å². The molecule has 0 saturated carbocycles. The minimum atomic E-state index is -0.681. The van der Waals surface area contributed by atoms with E-state index < -0.39 is 5.60 Å². The summed E-state index contributed by atoms with van der Waals surface area (Å²) < 4.78 is 10.5. The van der Waals surface area contributed by atoms with Crippen LogP contribution in [-0.4, -0.2) is 25.3 Å². The molecule has 0 N–H and O–H groups in total. The van der Waals surface area contributed by atoms with Crippen molar-refractivity contribution < 1.29 is 14.3 Å². The van der Waals surface area contributed by atoms with E-state index in [1.807, 2.05) is 0 Å². The molecule has 0 radical (unpaired) electrons. The fourth-order valence-electron chi connectivity index (χ4n) is 3.14. The van der Waals surface area contributed by atoms with Gasteiger partial charge in [-0.2, -0.15) is 0 Å². The number of allylic oxidation sites excluding steroid dienone is 1. The zero-order chi connectivity index (χ0) is 17.0. The van der Waals surface area contributed by atoms with Crippen molar-refractivity contribution in [1.82, 2.24) is 0 Å². The number of hydrogen-bond acceptors (Lipinski definition) is 3. The third kappa shape index (κ3) is 7.07. The molecule has 0 bridgehead atoms. The fraction of sp³-hybridized carbons (Fsp3) is 0.850. The molecular formula is C20H36O3. The summed E-state index contributed by atoms with van der Waals surface area (Å²) in [6.07, 6.45) is 18.0. The molecule has 0 aromatic heterocycles. The standard InChI is InChI=1S/C20H36O3/c1-4-6-8-10-11-12-14-16-18(15-13-9-7-5-2)20(17-23-20)19(21)22-3/h14,16,18H,4-13,15,17H2,1-3H3/b16-14-. The molecule has 1 fully saturated rings. The lowest BCUT2D eigenvalue weighted by Crippen LogP contribution is -2.34. The van der Waals surface area contributed by atoms with Gasteiger partial charge in [0.25, 0.3) is 0 Å². The van der Waals surface area contributed by atoms with Crippen LogP contribution in [0.3, 0.4) is 0 Å². The van der Waals surface area contributed by atoms with E-state index in [0.29, 0.717) is 6.61 Å². The number of rotatable bonds is 14. The second-order valence-corrected chi connectivity index (χ2v) is 6.76. The van der Waals surface area contributed by atoms with Gasteiger partial charge in [-0.1, -0.05) is 77.4 Å². The van der Waals surface area contributed by atoms with Crippen LogP contribution in [0.1, 0.15) is 84.5 Å². The number of hydrogen-bond donors (Lipinski definition) is 0. The molecule has 0 aromatic carbocycles. The molecule has 23 heavy (non-hydrogen) atoms. The van der Waals surface area contributed by atoms with E-state index in [2.05, 4.69) is 26.0 Å². The normalized spacial score (nSPS) is 21.5. The van der Waals surface area contributed by atoms with E-state index >= 15 is 0 Å². The molecule has 1 heterocycles. The third-order valence-electron chi connectivity index (χ3n) is 4.80. The average molecular weight is 325 g/mol. The van der Waals surface area contributed by atoms with E-state index in [0.717, 1.165) is 19.3 Å². The molecule has 1 aliphatic rings. The summed E-state index contributed by atoms with van der Waals surface area (Å²) in [5.41, 5.74) is -0.681. The number of epoxide rings is 1. The van der Waals surface area contributed by atoms with E-state index in [1.54, 1.807) is 0 Å². The monoisotopic (exact) mass is 324 g/mol. The molecule has 0 spiro atoms. The lowest BCUT2D eigenvalue weighted by atomic mass is 9.87. The Morgan fingerprint density at radius 3 is 2.26 bits per heavy atom. The highest BCUT2D eigenvalue weighted by Crippen LogP contribution is 2.40. The SMILES string of the molecule is CCCCCCC/C=C\C(CCCCCC)C1(C(=O)OC)CO1. The van der Waals surface area contributed by atoms with Gasteiger partial charge in [-0.15, -0.1) is 0 Å². The van der Waals surface area contributed by atoms with Crippen molar-refractivity contribution in [1.29, 1.82) is 0 Å². The summed E-state index contributed by atoms with van der Waals surface area (Å²) in [7, 11) is 1.46. The van der Waals surface area contributed by atoms with Gasteiger partial charge >= 0.3 is 5.97 Å². The molecule has 3 nitrogen and oxygen atoms in total. The summed E-state index contributed by atoms with van der Waals surface area (Å²) in [5, 5.41) is 0. The Morgan fingerprint density at radius 1 is 1.09 bits per heavy atom. The van der Waals surface area contributed by atoms with Crippen molar-refractivity contribution in [2.24, 2.45) is 5.92 Å². The van der Waals surface area contributed by atoms with Crippen LogP contribution >= 0.6 is 0 Å². The first-order chi connectivity index (χ1) is 11.2. The van der Waals surface area contributed by atoms with Gasteiger partial charge in [0.2, 0.25) is 0 Å². The molecule has 0 aliphatic carbocycles. The summed E-state index contributed by atoms with van der Waals surface area (Å²) in [5.74, 6) is -0.0342. The molecule has 0 aromatic rings. The van der Waals surface area contributed by atoms with E-state index in [9.17, 15) is 4.79 Å². The Morgan fingerprint density at radius 2 is 1.70 bits per heavy atom. The van der Waals surface area contributed by atoms with Crippen LogP contribution in [0.25, 0.3) is 0 Å². The Hall–Kier alpha value is -0.830. The fourth-order valence-corrected chi connectivity index (χ4v) is 3.14. The van der Waals surface area contributed by atoms with Crippen LogP contribution in [0, 0.1) is 5.92 Å². The van der Waals surface area contributed by atoms with Crippen molar-refractivity contribution >= 4 is 5.97 Å². The molecule has 2 unspecified atom stereocenters. The molecule has 1 rings (SSSR count). The van der Waals surface area contributed by atoms with Crippen LogP contribution in [0.5, 0.6) is 0 Å². The van der Waals surface area contributed by atoms with Gasteiger partial charge in [-0.05, 0) is 19.3 Å².